The van der Waals surface area contributed by atoms with E-state index in [2.05, 4.69) is 4.98 Å². The second-order valence-electron chi connectivity index (χ2n) is 10.7. The average Bonchev–Trinajstić information content (AvgIpc) is 3.71. The largest absolute Gasteiger partial charge is 0.296 e. The highest BCUT2D eigenvalue weighted by Crippen LogP contribution is 2.45. The molecule has 0 aliphatic heterocycles. The summed E-state index contributed by atoms with van der Waals surface area (Å²) in [6, 6.07) is 8.81. The molecule has 1 aromatic heterocycles. The summed E-state index contributed by atoms with van der Waals surface area (Å²) in [6.45, 7) is -3.11. The lowest BCUT2D eigenvalue weighted by molar-refractivity contribution is 0.909. The smallest absolute Gasteiger partial charge is 0.114 e. The first-order valence-electron chi connectivity index (χ1n) is 24.6. The highest BCUT2D eigenvalue weighted by atomic mass is 15.1. The standard InChI is InChI=1S/C45H32N2/c1-2-43-46-40-23-10-12-25-42(40)47(43)41-24-11-9-17-34(41)31-26-28-32(29-27-31)44-36-18-5-7-20-38(36)45(39-21-8-6-19-37(39)44)35-22-13-15-30-14-3-4-16-33(30)35/h3-29H,2H2,1H3/i1D3,2D2,3D,4D,5D,6D,7D,8D,13D,14D,15D,16D,18D,19D,20D,21D,22D. The Morgan fingerprint density at radius 2 is 1.17 bits per heavy atom. The quantitative estimate of drug-likeness (QED) is 0.175. The molecular weight excluding hydrogens is 569 g/mol. The molecule has 8 aromatic carbocycles. The van der Waals surface area contributed by atoms with E-state index in [4.69, 9.17) is 20.6 Å². The van der Waals surface area contributed by atoms with Gasteiger partial charge in [0.25, 0.3) is 0 Å². The summed E-state index contributed by atoms with van der Waals surface area (Å²) < 4.78 is 177. The van der Waals surface area contributed by atoms with Gasteiger partial charge in [0.1, 0.15) is 5.82 Å². The van der Waals surface area contributed by atoms with Gasteiger partial charge in [0.15, 0.2) is 0 Å². The fourth-order valence-electron chi connectivity index (χ4n) is 6.25. The van der Waals surface area contributed by atoms with E-state index >= 15 is 0 Å². The van der Waals surface area contributed by atoms with E-state index in [9.17, 15) is 6.85 Å². The average molecular weight is 621 g/mol. The number of benzene rings is 8. The second kappa shape index (κ2) is 11.1. The van der Waals surface area contributed by atoms with Crippen LogP contribution in [0.4, 0.5) is 0 Å². The second-order valence-corrected chi connectivity index (χ2v) is 10.7. The number of imidazole rings is 1. The SMILES string of the molecule is [2H]c1c([2H])c([2H])c2c(-c3c4c([2H])c([2H])c([2H])c([2H])c4c(-c4ccc(-c5ccccc5-n5c(C([2H])([2H])C([2H])([2H])[2H])nc6ccccc65)cc4)c4c([2H])c([2H])c([2H])c([2H])c34)c([2H])c([2H])c([2H])c2c1[2H]. The number of aromatic nitrogens is 2. The van der Waals surface area contributed by atoms with E-state index in [0.29, 0.717) is 27.8 Å². The normalized spacial score (nSPS) is 18.2. The molecule has 0 bridgehead atoms. The molecule has 0 fully saturated rings. The lowest BCUT2D eigenvalue weighted by Crippen LogP contribution is -2.02. The molecule has 2 heteroatoms. The first-order chi connectivity index (χ1) is 31.4. The van der Waals surface area contributed by atoms with Crippen LogP contribution in [-0.4, -0.2) is 9.55 Å². The van der Waals surface area contributed by atoms with Gasteiger partial charge in [-0.3, -0.25) is 4.57 Å². The molecule has 0 amide bonds. The molecule has 222 valence electrons. The predicted molar refractivity (Wildman–Crippen MR) is 199 cm³/mol. The number of rotatable bonds is 5. The third-order valence-electron chi connectivity index (χ3n) is 8.24. The molecule has 1 heterocycles. The molecule has 0 radical (unpaired) electrons. The Morgan fingerprint density at radius 1 is 0.574 bits per heavy atom. The molecule has 47 heavy (non-hydrogen) atoms. The van der Waals surface area contributed by atoms with Crippen molar-refractivity contribution in [2.75, 3.05) is 0 Å². The van der Waals surface area contributed by atoms with Gasteiger partial charge in [-0.15, -0.1) is 0 Å². The number of nitrogens with zero attached hydrogens (tertiary/aromatic N) is 2. The van der Waals surface area contributed by atoms with Crippen molar-refractivity contribution >= 4 is 43.4 Å². The summed E-state index contributed by atoms with van der Waals surface area (Å²) in [7, 11) is 0. The number of para-hydroxylation sites is 3. The van der Waals surface area contributed by atoms with Crippen molar-refractivity contribution < 1.29 is 27.4 Å². The molecule has 0 saturated heterocycles. The minimum absolute atomic E-state index is 0.0812. The molecule has 0 aliphatic carbocycles. The van der Waals surface area contributed by atoms with Crippen molar-refractivity contribution in [3.8, 4) is 39.1 Å². The van der Waals surface area contributed by atoms with Crippen LogP contribution in [0.3, 0.4) is 0 Å². The predicted octanol–water partition coefficient (Wildman–Crippen LogP) is 12.0. The van der Waals surface area contributed by atoms with Gasteiger partial charge >= 0.3 is 0 Å². The number of aryl methyl sites for hydroxylation is 1. The summed E-state index contributed by atoms with van der Waals surface area (Å²) in [5.41, 5.74) is 1.28. The monoisotopic (exact) mass is 620 g/mol. The van der Waals surface area contributed by atoms with Gasteiger partial charge in [-0.25, -0.2) is 4.98 Å². The summed E-state index contributed by atoms with van der Waals surface area (Å²) in [6.07, 6.45) is -2.91. The van der Waals surface area contributed by atoms with Crippen molar-refractivity contribution in [1.29, 1.82) is 0 Å². The summed E-state index contributed by atoms with van der Waals surface area (Å²) in [5.74, 6) is -0.367. The fourth-order valence-corrected chi connectivity index (χ4v) is 6.25. The van der Waals surface area contributed by atoms with Crippen molar-refractivity contribution in [2.45, 2.75) is 13.2 Å². The van der Waals surface area contributed by atoms with Crippen LogP contribution in [0, 0.1) is 0 Å². The van der Waals surface area contributed by atoms with E-state index < -0.39 is 126 Å². The van der Waals surface area contributed by atoms with Gasteiger partial charge in [0.05, 0.1) is 37.3 Å². The minimum atomic E-state index is -3.11. The molecule has 0 unspecified atom stereocenters. The van der Waals surface area contributed by atoms with Gasteiger partial charge in [-0.2, -0.15) is 0 Å². The van der Waals surface area contributed by atoms with Crippen molar-refractivity contribution in [3.05, 3.63) is 169 Å². The van der Waals surface area contributed by atoms with Crippen LogP contribution in [0.5, 0.6) is 0 Å². The molecule has 9 rings (SSSR count). The highest BCUT2D eigenvalue weighted by molar-refractivity contribution is 6.23. The fraction of sp³-hybridized carbons (Fsp3) is 0.0444. The third-order valence-corrected chi connectivity index (χ3v) is 8.24. The van der Waals surface area contributed by atoms with Gasteiger partial charge in [-0.1, -0.05) is 152 Å². The zero-order valence-electron chi connectivity index (χ0n) is 44.3. The zero-order valence-corrected chi connectivity index (χ0v) is 24.3. The highest BCUT2D eigenvalue weighted by Gasteiger charge is 2.19. The van der Waals surface area contributed by atoms with E-state index in [-0.39, 0.29) is 38.5 Å². The molecule has 0 saturated carbocycles. The molecule has 0 N–H and O–H groups in total. The van der Waals surface area contributed by atoms with Gasteiger partial charge in [-0.05, 0) is 78.3 Å². The number of fused-ring (bicyclic) bond motifs is 4. The molecule has 0 spiro atoms. The van der Waals surface area contributed by atoms with Crippen LogP contribution < -0.4 is 0 Å². The van der Waals surface area contributed by atoms with Crippen molar-refractivity contribution in [2.24, 2.45) is 0 Å². The maximum Gasteiger partial charge on any atom is 0.114 e. The minimum Gasteiger partial charge on any atom is -0.296 e. The number of hydrogen-bond donors (Lipinski definition) is 0. The van der Waals surface area contributed by atoms with E-state index in [1.807, 2.05) is 0 Å². The Bertz CT molecular complexity index is 3560. The summed E-state index contributed by atoms with van der Waals surface area (Å²) in [4.78, 5) is 4.44. The third kappa shape index (κ3) is 4.37. The maximum absolute atomic E-state index is 9.37. The van der Waals surface area contributed by atoms with E-state index in [1.54, 1.807) is 72.8 Å². The summed E-state index contributed by atoms with van der Waals surface area (Å²) in [5, 5.41) is -2.25. The van der Waals surface area contributed by atoms with E-state index in [1.165, 1.54) is 4.57 Å². The van der Waals surface area contributed by atoms with Crippen LogP contribution in [0.25, 0.3) is 82.4 Å². The Morgan fingerprint density at radius 3 is 1.91 bits per heavy atom. The molecule has 0 atom stereocenters. The topological polar surface area (TPSA) is 17.8 Å². The van der Waals surface area contributed by atoms with Crippen molar-refractivity contribution in [3.63, 3.8) is 0 Å². The lowest BCUT2D eigenvalue weighted by atomic mass is 9.84. The Balaban J connectivity index is 1.41. The maximum atomic E-state index is 9.37. The van der Waals surface area contributed by atoms with Crippen LogP contribution in [-0.2, 0) is 6.37 Å². The molecule has 9 aromatic rings. The van der Waals surface area contributed by atoms with Crippen LogP contribution in [0.1, 0.15) is 40.1 Å². The summed E-state index contributed by atoms with van der Waals surface area (Å²) >= 11 is 0. The van der Waals surface area contributed by atoms with Gasteiger partial charge < -0.3 is 0 Å². The first-order valence-corrected chi connectivity index (χ1v) is 14.6. The number of hydrogen-bond acceptors (Lipinski definition) is 1. The Labute approximate surface area is 302 Å². The first kappa shape index (κ1) is 13.8. The lowest BCUT2D eigenvalue weighted by Gasteiger charge is -2.19. The molecular formula is C45H32N2. The van der Waals surface area contributed by atoms with Gasteiger partial charge in [0.2, 0.25) is 0 Å². The van der Waals surface area contributed by atoms with E-state index in [0.717, 1.165) is 0 Å². The van der Waals surface area contributed by atoms with Crippen LogP contribution >= 0.6 is 0 Å². The van der Waals surface area contributed by atoms with Gasteiger partial charge in [0, 0.05) is 18.8 Å². The Kier molecular flexibility index (Phi) is 3.26. The zero-order chi connectivity index (χ0) is 48.7. The molecule has 2 nitrogen and oxygen atoms in total. The van der Waals surface area contributed by atoms with Crippen molar-refractivity contribution in [1.82, 2.24) is 9.55 Å². The van der Waals surface area contributed by atoms with Crippen LogP contribution in [0.2, 0.25) is 0 Å². The molecule has 0 aliphatic rings. The Hall–Kier alpha value is -5.99. The van der Waals surface area contributed by atoms with Crippen LogP contribution in [0.15, 0.2) is 163 Å².